The van der Waals surface area contributed by atoms with Crippen LogP contribution in [0, 0.1) is 13.8 Å². The maximum Gasteiger partial charge on any atom is 0.322 e. The van der Waals surface area contributed by atoms with E-state index < -0.39 is 0 Å². The molecule has 1 aliphatic rings. The van der Waals surface area contributed by atoms with Crippen molar-refractivity contribution >= 4 is 23.3 Å². The first kappa shape index (κ1) is 14.9. The number of rotatable bonds is 2. The summed E-state index contributed by atoms with van der Waals surface area (Å²) in [4.78, 5) is 14.2. The van der Waals surface area contributed by atoms with Crippen LogP contribution in [0.3, 0.4) is 0 Å². The Labute approximate surface area is 134 Å². The van der Waals surface area contributed by atoms with Gasteiger partial charge in [0.1, 0.15) is 11.4 Å². The van der Waals surface area contributed by atoms with Gasteiger partial charge in [0.25, 0.3) is 0 Å². The highest BCUT2D eigenvalue weighted by Gasteiger charge is 2.29. The van der Waals surface area contributed by atoms with E-state index in [0.29, 0.717) is 30.2 Å². The normalized spacial score (nSPS) is 17.8. The fourth-order valence-corrected chi connectivity index (χ4v) is 3.14. The standard InChI is InChI=1S/C16H18ClN3O2/c1-10-15(11(2)22-19-10)18-16(21)20-8-7-12(9-20)13-5-3-4-6-14(13)17/h3-6,12H,7-9H2,1-2H3,(H,18,21). The summed E-state index contributed by atoms with van der Waals surface area (Å²) in [7, 11) is 0. The molecular weight excluding hydrogens is 302 g/mol. The quantitative estimate of drug-likeness (QED) is 0.911. The van der Waals surface area contributed by atoms with Gasteiger partial charge in [-0.15, -0.1) is 0 Å². The minimum Gasteiger partial charge on any atom is -0.359 e. The van der Waals surface area contributed by atoms with Crippen molar-refractivity contribution in [2.75, 3.05) is 18.4 Å². The van der Waals surface area contributed by atoms with Crippen molar-refractivity contribution in [1.82, 2.24) is 10.1 Å². The molecule has 0 bridgehead atoms. The molecule has 6 heteroatoms. The molecule has 2 amide bonds. The third kappa shape index (κ3) is 2.81. The monoisotopic (exact) mass is 319 g/mol. The van der Waals surface area contributed by atoms with E-state index in [4.69, 9.17) is 16.1 Å². The molecule has 3 rings (SSSR count). The Bertz CT molecular complexity index is 679. The van der Waals surface area contributed by atoms with Crippen LogP contribution < -0.4 is 5.32 Å². The van der Waals surface area contributed by atoms with Crippen LogP contribution in [0.15, 0.2) is 28.8 Å². The van der Waals surface area contributed by atoms with E-state index in [2.05, 4.69) is 10.5 Å². The highest BCUT2D eigenvalue weighted by Crippen LogP contribution is 2.32. The van der Waals surface area contributed by atoms with E-state index in [0.717, 1.165) is 17.0 Å². The summed E-state index contributed by atoms with van der Waals surface area (Å²) >= 11 is 6.25. The molecule has 1 fully saturated rings. The molecule has 0 spiro atoms. The predicted octanol–water partition coefficient (Wildman–Crippen LogP) is 3.97. The molecule has 1 aliphatic heterocycles. The topological polar surface area (TPSA) is 58.4 Å². The summed E-state index contributed by atoms with van der Waals surface area (Å²) in [6.45, 7) is 4.97. The van der Waals surface area contributed by atoms with Gasteiger partial charge in [0.15, 0.2) is 5.76 Å². The van der Waals surface area contributed by atoms with Gasteiger partial charge in [0, 0.05) is 24.0 Å². The zero-order chi connectivity index (χ0) is 15.7. The molecule has 1 N–H and O–H groups in total. The first-order chi connectivity index (χ1) is 10.6. The number of likely N-dealkylation sites (tertiary alicyclic amines) is 1. The summed E-state index contributed by atoms with van der Waals surface area (Å²) in [6.07, 6.45) is 0.915. The van der Waals surface area contributed by atoms with Crippen molar-refractivity contribution in [3.8, 4) is 0 Å². The summed E-state index contributed by atoms with van der Waals surface area (Å²) in [5, 5.41) is 7.49. The highest BCUT2D eigenvalue weighted by atomic mass is 35.5. The van der Waals surface area contributed by atoms with Gasteiger partial charge in [-0.1, -0.05) is 35.0 Å². The van der Waals surface area contributed by atoms with E-state index in [1.54, 1.807) is 11.8 Å². The number of hydrogen-bond acceptors (Lipinski definition) is 3. The van der Waals surface area contributed by atoms with Crippen LogP contribution in [0.1, 0.15) is 29.4 Å². The van der Waals surface area contributed by atoms with E-state index in [1.165, 1.54) is 0 Å². The van der Waals surface area contributed by atoms with Gasteiger partial charge in [0.05, 0.1) is 0 Å². The van der Waals surface area contributed by atoms with Crippen molar-refractivity contribution < 1.29 is 9.32 Å². The summed E-state index contributed by atoms with van der Waals surface area (Å²) in [6, 6.07) is 7.70. The predicted molar refractivity (Wildman–Crippen MR) is 85.4 cm³/mol. The number of benzene rings is 1. The minimum atomic E-state index is -0.121. The summed E-state index contributed by atoms with van der Waals surface area (Å²) < 4.78 is 5.06. The van der Waals surface area contributed by atoms with E-state index in [1.807, 2.05) is 31.2 Å². The Morgan fingerprint density at radius 1 is 1.41 bits per heavy atom. The van der Waals surface area contributed by atoms with Crippen LogP contribution in [0.5, 0.6) is 0 Å². The molecule has 2 heterocycles. The number of amides is 2. The fourth-order valence-electron chi connectivity index (χ4n) is 2.85. The molecule has 1 aromatic heterocycles. The van der Waals surface area contributed by atoms with Crippen LogP contribution in [0.2, 0.25) is 5.02 Å². The second-order valence-corrected chi connectivity index (χ2v) is 5.99. The Morgan fingerprint density at radius 3 is 2.86 bits per heavy atom. The number of urea groups is 1. The average molecular weight is 320 g/mol. The molecule has 116 valence electrons. The maximum absolute atomic E-state index is 12.4. The van der Waals surface area contributed by atoms with E-state index >= 15 is 0 Å². The zero-order valence-corrected chi connectivity index (χ0v) is 13.4. The number of aryl methyl sites for hydroxylation is 2. The van der Waals surface area contributed by atoms with Gasteiger partial charge in [-0.05, 0) is 31.9 Å². The number of nitrogens with one attached hydrogen (secondary N) is 1. The maximum atomic E-state index is 12.4. The Morgan fingerprint density at radius 2 is 2.18 bits per heavy atom. The van der Waals surface area contributed by atoms with Gasteiger partial charge in [-0.2, -0.15) is 0 Å². The van der Waals surface area contributed by atoms with Crippen LogP contribution >= 0.6 is 11.6 Å². The molecule has 1 atom stereocenters. The van der Waals surface area contributed by atoms with Gasteiger partial charge >= 0.3 is 6.03 Å². The lowest BCUT2D eigenvalue weighted by Gasteiger charge is -2.17. The molecule has 0 aliphatic carbocycles. The third-order valence-electron chi connectivity index (χ3n) is 4.09. The first-order valence-electron chi connectivity index (χ1n) is 7.29. The molecule has 5 nitrogen and oxygen atoms in total. The number of anilines is 1. The second kappa shape index (κ2) is 6.01. The van der Waals surface area contributed by atoms with Gasteiger partial charge in [-0.25, -0.2) is 4.79 Å². The summed E-state index contributed by atoms with van der Waals surface area (Å²) in [5.41, 5.74) is 2.45. The Balaban J connectivity index is 1.68. The van der Waals surface area contributed by atoms with Crippen molar-refractivity contribution in [3.05, 3.63) is 46.3 Å². The van der Waals surface area contributed by atoms with Crippen LogP contribution in [0.4, 0.5) is 10.5 Å². The second-order valence-electron chi connectivity index (χ2n) is 5.58. The Hall–Kier alpha value is -2.01. The Kier molecular flexibility index (Phi) is 4.07. The molecule has 1 saturated heterocycles. The molecule has 1 aromatic carbocycles. The van der Waals surface area contributed by atoms with Crippen LogP contribution in [-0.4, -0.2) is 29.2 Å². The SMILES string of the molecule is Cc1noc(C)c1NC(=O)N1CCC(c2ccccc2Cl)C1. The third-order valence-corrected chi connectivity index (χ3v) is 4.43. The molecule has 0 saturated carbocycles. The van der Waals surface area contributed by atoms with Gasteiger partial charge in [0.2, 0.25) is 0 Å². The number of aromatic nitrogens is 1. The lowest BCUT2D eigenvalue weighted by molar-refractivity contribution is 0.222. The van der Waals surface area contributed by atoms with Gasteiger partial charge < -0.3 is 14.7 Å². The fraction of sp³-hybridized carbons (Fsp3) is 0.375. The van der Waals surface area contributed by atoms with Crippen molar-refractivity contribution in [2.45, 2.75) is 26.2 Å². The number of nitrogens with zero attached hydrogens (tertiary/aromatic N) is 2. The largest absolute Gasteiger partial charge is 0.359 e. The van der Waals surface area contributed by atoms with Crippen molar-refractivity contribution in [1.29, 1.82) is 0 Å². The molecular formula is C16H18ClN3O2. The number of carbonyl (C=O) groups excluding carboxylic acids is 1. The van der Waals surface area contributed by atoms with E-state index in [-0.39, 0.29) is 11.9 Å². The number of hydrogen-bond donors (Lipinski definition) is 1. The molecule has 22 heavy (non-hydrogen) atoms. The molecule has 1 unspecified atom stereocenters. The van der Waals surface area contributed by atoms with E-state index in [9.17, 15) is 4.79 Å². The van der Waals surface area contributed by atoms with Crippen molar-refractivity contribution in [3.63, 3.8) is 0 Å². The minimum absolute atomic E-state index is 0.121. The lowest BCUT2D eigenvalue weighted by atomic mass is 9.98. The van der Waals surface area contributed by atoms with Crippen LogP contribution in [-0.2, 0) is 0 Å². The highest BCUT2D eigenvalue weighted by molar-refractivity contribution is 6.31. The molecule has 0 radical (unpaired) electrons. The number of carbonyl (C=O) groups is 1. The average Bonchev–Trinajstić information content (AvgIpc) is 3.10. The van der Waals surface area contributed by atoms with Crippen molar-refractivity contribution in [2.24, 2.45) is 0 Å². The lowest BCUT2D eigenvalue weighted by Crippen LogP contribution is -2.33. The van der Waals surface area contributed by atoms with Crippen LogP contribution in [0.25, 0.3) is 0 Å². The first-order valence-corrected chi connectivity index (χ1v) is 7.67. The summed E-state index contributed by atoms with van der Waals surface area (Å²) in [5.74, 6) is 0.900. The molecule has 2 aromatic rings. The van der Waals surface area contributed by atoms with Gasteiger partial charge in [-0.3, -0.25) is 0 Å². The number of halogens is 1. The smallest absolute Gasteiger partial charge is 0.322 e. The zero-order valence-electron chi connectivity index (χ0n) is 12.6.